The highest BCUT2D eigenvalue weighted by atomic mass is 32.1. The van der Waals surface area contributed by atoms with Gasteiger partial charge in [-0.15, -0.1) is 11.3 Å². The van der Waals surface area contributed by atoms with Crippen LogP contribution in [0.3, 0.4) is 0 Å². The number of para-hydroxylation sites is 1. The number of carbonyl (C=O) groups is 3. The summed E-state index contributed by atoms with van der Waals surface area (Å²) in [6.07, 6.45) is 1.23. The quantitative estimate of drug-likeness (QED) is 0.716. The number of rotatable bonds is 3. The fraction of sp³-hybridized carbons (Fsp3) is 0.400. The average molecular weight is 414 g/mol. The molecule has 0 radical (unpaired) electrons. The van der Waals surface area contributed by atoms with Crippen molar-refractivity contribution in [2.75, 3.05) is 23.7 Å². The van der Waals surface area contributed by atoms with Crippen molar-refractivity contribution in [3.05, 3.63) is 40.4 Å². The molecule has 1 aromatic carbocycles. The maximum Gasteiger partial charge on any atom is 0.255 e. The van der Waals surface area contributed by atoms with Gasteiger partial charge in [-0.2, -0.15) is 0 Å². The van der Waals surface area contributed by atoms with E-state index >= 15 is 0 Å². The molecule has 4 rings (SSSR count). The first-order valence-corrected chi connectivity index (χ1v) is 10.4. The average Bonchev–Trinajstić information content (AvgIpc) is 2.92. The number of amides is 3. The van der Waals surface area contributed by atoms with Gasteiger partial charge in [0, 0.05) is 30.0 Å². The van der Waals surface area contributed by atoms with Gasteiger partial charge in [0.2, 0.25) is 11.8 Å². The molecule has 3 heterocycles. The minimum Gasteiger partial charge on any atom is -0.362 e. The largest absolute Gasteiger partial charge is 0.362 e. The van der Waals surface area contributed by atoms with E-state index < -0.39 is 5.66 Å². The predicted octanol–water partition coefficient (Wildman–Crippen LogP) is 2.26. The van der Waals surface area contributed by atoms with E-state index in [1.807, 2.05) is 32.0 Å². The second kappa shape index (κ2) is 7.47. The third kappa shape index (κ3) is 3.95. The monoisotopic (exact) mass is 413 g/mol. The third-order valence-corrected chi connectivity index (χ3v) is 6.42. The normalized spacial score (nSPS) is 21.2. The van der Waals surface area contributed by atoms with Gasteiger partial charge in [-0.3, -0.25) is 14.4 Å². The molecular weight excluding hydrogens is 390 g/mol. The molecule has 3 amide bonds. The predicted molar refractivity (Wildman–Crippen MR) is 111 cm³/mol. The van der Waals surface area contributed by atoms with Crippen molar-refractivity contribution in [1.82, 2.24) is 15.2 Å². The number of nitrogens with one attached hydrogen (secondary N) is 3. The summed E-state index contributed by atoms with van der Waals surface area (Å²) in [4.78, 5) is 44.5. The zero-order valence-electron chi connectivity index (χ0n) is 16.4. The summed E-state index contributed by atoms with van der Waals surface area (Å²) in [6, 6.07) is 7.33. The van der Waals surface area contributed by atoms with Gasteiger partial charge in [-0.05, 0) is 32.4 Å². The van der Waals surface area contributed by atoms with Gasteiger partial charge in [-0.25, -0.2) is 4.98 Å². The van der Waals surface area contributed by atoms with Crippen molar-refractivity contribution >= 4 is 39.9 Å². The lowest BCUT2D eigenvalue weighted by Gasteiger charge is -2.39. The van der Waals surface area contributed by atoms with Gasteiger partial charge < -0.3 is 20.9 Å². The molecule has 0 unspecified atom stereocenters. The lowest BCUT2D eigenvalue weighted by molar-refractivity contribution is -0.134. The van der Waals surface area contributed by atoms with Crippen LogP contribution in [0.4, 0.5) is 10.8 Å². The summed E-state index contributed by atoms with van der Waals surface area (Å²) in [5, 5.41) is 9.75. The van der Waals surface area contributed by atoms with Crippen LogP contribution in [0.25, 0.3) is 0 Å². The molecule has 2 aromatic rings. The number of hydrogen-bond acceptors (Lipinski definition) is 6. The van der Waals surface area contributed by atoms with E-state index in [1.54, 1.807) is 11.0 Å². The Kier molecular flexibility index (Phi) is 4.99. The highest BCUT2D eigenvalue weighted by Crippen LogP contribution is 2.31. The van der Waals surface area contributed by atoms with Gasteiger partial charge in [0.15, 0.2) is 5.13 Å². The summed E-state index contributed by atoms with van der Waals surface area (Å²) in [6.45, 7) is 4.18. The van der Waals surface area contributed by atoms with Crippen LogP contribution < -0.4 is 16.0 Å². The van der Waals surface area contributed by atoms with Crippen molar-refractivity contribution in [2.24, 2.45) is 0 Å². The SMILES string of the molecule is Cc1nc(NC(=O)CN2CC[C@@]3(CCC2=O)NC(=O)c2ccccc2N3)sc1C. The molecule has 9 heteroatoms. The molecule has 1 atom stereocenters. The van der Waals surface area contributed by atoms with Crippen LogP contribution in [-0.4, -0.2) is 46.4 Å². The van der Waals surface area contributed by atoms with E-state index in [4.69, 9.17) is 0 Å². The lowest BCUT2D eigenvalue weighted by Crippen LogP contribution is -2.58. The van der Waals surface area contributed by atoms with E-state index in [0.717, 1.165) is 16.3 Å². The molecule has 8 nitrogen and oxygen atoms in total. The fourth-order valence-corrected chi connectivity index (χ4v) is 4.52. The fourth-order valence-electron chi connectivity index (χ4n) is 3.69. The number of carbonyl (C=O) groups excluding carboxylic acids is 3. The Labute approximate surface area is 172 Å². The second-order valence-electron chi connectivity index (χ2n) is 7.48. The first kappa shape index (κ1) is 19.4. The molecule has 3 N–H and O–H groups in total. The molecule has 29 heavy (non-hydrogen) atoms. The number of nitrogens with zero attached hydrogens (tertiary/aromatic N) is 2. The highest BCUT2D eigenvalue weighted by Gasteiger charge is 2.40. The molecule has 1 fully saturated rings. The number of aryl methyl sites for hydroxylation is 2. The lowest BCUT2D eigenvalue weighted by atomic mass is 9.95. The van der Waals surface area contributed by atoms with Crippen molar-refractivity contribution in [3.63, 3.8) is 0 Å². The number of anilines is 2. The van der Waals surface area contributed by atoms with E-state index in [-0.39, 0.29) is 30.7 Å². The van der Waals surface area contributed by atoms with Crippen LogP contribution >= 0.6 is 11.3 Å². The van der Waals surface area contributed by atoms with Crippen LogP contribution in [0, 0.1) is 13.8 Å². The van der Waals surface area contributed by atoms with Crippen LogP contribution in [0.15, 0.2) is 24.3 Å². The number of fused-ring (bicyclic) bond motifs is 1. The van der Waals surface area contributed by atoms with Crippen molar-refractivity contribution in [1.29, 1.82) is 0 Å². The smallest absolute Gasteiger partial charge is 0.255 e. The number of likely N-dealkylation sites (tertiary alicyclic amines) is 1. The first-order chi connectivity index (χ1) is 13.8. The van der Waals surface area contributed by atoms with Crippen molar-refractivity contribution < 1.29 is 14.4 Å². The molecule has 152 valence electrons. The molecular formula is C20H23N5O3S. The summed E-state index contributed by atoms with van der Waals surface area (Å²) in [5.74, 6) is -0.514. The van der Waals surface area contributed by atoms with Gasteiger partial charge in [0.05, 0.1) is 17.8 Å². The van der Waals surface area contributed by atoms with Gasteiger partial charge in [-0.1, -0.05) is 12.1 Å². The number of aromatic nitrogens is 1. The highest BCUT2D eigenvalue weighted by molar-refractivity contribution is 7.15. The van der Waals surface area contributed by atoms with Crippen LogP contribution in [0.1, 0.15) is 40.2 Å². The molecule has 1 spiro atoms. The van der Waals surface area contributed by atoms with Crippen LogP contribution in [0.2, 0.25) is 0 Å². The molecule has 0 aliphatic carbocycles. The zero-order chi connectivity index (χ0) is 20.6. The standard InChI is InChI=1S/C20H23N5O3S/c1-12-13(2)29-19(21-12)22-16(26)11-25-10-9-20(8-7-17(25)27)23-15-6-4-3-5-14(15)18(28)24-20/h3-6,23H,7-11H2,1-2H3,(H,24,28)(H,21,22,26)/t20-/m1/s1. The molecule has 0 saturated carbocycles. The topological polar surface area (TPSA) is 103 Å². The van der Waals surface area contributed by atoms with Crippen molar-refractivity contribution in [3.8, 4) is 0 Å². The first-order valence-electron chi connectivity index (χ1n) is 9.57. The maximum atomic E-state index is 12.6. The third-order valence-electron chi connectivity index (χ3n) is 5.43. The van der Waals surface area contributed by atoms with Crippen LogP contribution in [-0.2, 0) is 9.59 Å². The molecule has 1 saturated heterocycles. The summed E-state index contributed by atoms with van der Waals surface area (Å²) < 4.78 is 0. The molecule has 2 aliphatic rings. The number of benzene rings is 1. The number of hydrogen-bond donors (Lipinski definition) is 3. The van der Waals surface area contributed by atoms with Gasteiger partial charge in [0.25, 0.3) is 5.91 Å². The van der Waals surface area contributed by atoms with Gasteiger partial charge in [0.1, 0.15) is 5.66 Å². The van der Waals surface area contributed by atoms with Gasteiger partial charge >= 0.3 is 0 Å². The number of thiazole rings is 1. The summed E-state index contributed by atoms with van der Waals surface area (Å²) in [7, 11) is 0. The molecule has 2 aliphatic heterocycles. The Morgan fingerprint density at radius 2 is 2.03 bits per heavy atom. The van der Waals surface area contributed by atoms with E-state index in [9.17, 15) is 14.4 Å². The van der Waals surface area contributed by atoms with E-state index in [1.165, 1.54) is 11.3 Å². The Morgan fingerprint density at radius 3 is 2.79 bits per heavy atom. The summed E-state index contributed by atoms with van der Waals surface area (Å²) >= 11 is 1.42. The van der Waals surface area contributed by atoms with E-state index in [2.05, 4.69) is 20.9 Å². The second-order valence-corrected chi connectivity index (χ2v) is 8.68. The minimum absolute atomic E-state index is 0.0306. The van der Waals surface area contributed by atoms with Crippen molar-refractivity contribution in [2.45, 2.75) is 38.8 Å². The Morgan fingerprint density at radius 1 is 1.24 bits per heavy atom. The van der Waals surface area contributed by atoms with Crippen LogP contribution in [0.5, 0.6) is 0 Å². The summed E-state index contributed by atoms with van der Waals surface area (Å²) in [5.41, 5.74) is 1.57. The molecule has 1 aromatic heterocycles. The Balaban J connectivity index is 1.43. The maximum absolute atomic E-state index is 12.6. The molecule has 0 bridgehead atoms. The Hall–Kier alpha value is -2.94. The Bertz CT molecular complexity index is 969. The van der Waals surface area contributed by atoms with E-state index in [0.29, 0.717) is 30.1 Å². The minimum atomic E-state index is -0.685. The zero-order valence-corrected chi connectivity index (χ0v) is 17.2.